The predicted molar refractivity (Wildman–Crippen MR) is 119 cm³/mol. The first-order valence-electron chi connectivity index (χ1n) is 10.4. The molecule has 1 fully saturated rings. The van der Waals surface area contributed by atoms with E-state index in [1.807, 2.05) is 14.1 Å². The predicted octanol–water partition coefficient (Wildman–Crippen LogP) is 0.629. The van der Waals surface area contributed by atoms with Crippen molar-refractivity contribution in [3.8, 4) is 11.5 Å². The Morgan fingerprint density at radius 3 is 2.28 bits per heavy atom. The van der Waals surface area contributed by atoms with Crippen LogP contribution in [-0.4, -0.2) is 57.5 Å². The van der Waals surface area contributed by atoms with Gasteiger partial charge in [0.15, 0.2) is 0 Å². The number of hydrogen-bond donors (Lipinski definition) is 1. The van der Waals surface area contributed by atoms with Crippen LogP contribution in [0.1, 0.15) is 17.2 Å². The van der Waals surface area contributed by atoms with Crippen LogP contribution >= 0.6 is 0 Å². The fraction of sp³-hybridized carbons (Fsp3) is 0.280. The summed E-state index contributed by atoms with van der Waals surface area (Å²) in [4.78, 5) is 28.5. The number of Topliss-reactive ketones (excluding diaryl/α,β-unsaturated/α-hetero) is 1. The van der Waals surface area contributed by atoms with Crippen molar-refractivity contribution in [3.05, 3.63) is 77.9 Å². The number of methoxy groups -OCH3 is 1. The molecule has 0 saturated carbocycles. The minimum atomic E-state index is -0.753. The topological polar surface area (TPSA) is 83.3 Å². The third kappa shape index (κ3) is 4.84. The minimum absolute atomic E-state index is 0.0336. The largest absolute Gasteiger partial charge is 0.872 e. The van der Waals surface area contributed by atoms with Crippen molar-refractivity contribution in [3.63, 3.8) is 0 Å². The Bertz CT molecular complexity index is 1010. The molecular weight excluding hydrogens is 408 g/mol. The summed E-state index contributed by atoms with van der Waals surface area (Å²) in [5, 5.41) is 13.4. The molecular formula is C25H28N2O5. The van der Waals surface area contributed by atoms with E-state index in [-0.39, 0.29) is 5.57 Å². The van der Waals surface area contributed by atoms with Gasteiger partial charge in [0, 0.05) is 5.57 Å². The van der Waals surface area contributed by atoms with E-state index in [1.54, 1.807) is 61.7 Å². The average Bonchev–Trinajstić information content (AvgIpc) is 3.06. The summed E-state index contributed by atoms with van der Waals surface area (Å²) in [6, 6.07) is 12.9. The maximum atomic E-state index is 13.4. The normalized spacial score (nSPS) is 17.6. The van der Waals surface area contributed by atoms with Crippen molar-refractivity contribution in [1.29, 1.82) is 0 Å². The second-order valence-corrected chi connectivity index (χ2v) is 7.83. The molecule has 0 aromatic heterocycles. The van der Waals surface area contributed by atoms with E-state index in [0.29, 0.717) is 42.3 Å². The molecule has 1 heterocycles. The van der Waals surface area contributed by atoms with Gasteiger partial charge in [-0.25, -0.2) is 0 Å². The smallest absolute Gasteiger partial charge is 0.295 e. The van der Waals surface area contributed by atoms with E-state index >= 15 is 0 Å². The quantitative estimate of drug-likeness (QED) is 0.270. The number of nitrogens with one attached hydrogen (secondary N) is 1. The van der Waals surface area contributed by atoms with E-state index in [4.69, 9.17) is 9.47 Å². The van der Waals surface area contributed by atoms with E-state index in [9.17, 15) is 14.7 Å². The van der Waals surface area contributed by atoms with E-state index in [2.05, 4.69) is 6.58 Å². The van der Waals surface area contributed by atoms with Gasteiger partial charge in [0.05, 0.1) is 40.3 Å². The van der Waals surface area contributed by atoms with Gasteiger partial charge in [0.2, 0.25) is 5.78 Å². The number of ether oxygens (including phenoxy) is 2. The Morgan fingerprint density at radius 2 is 1.72 bits per heavy atom. The Kier molecular flexibility index (Phi) is 7.33. The summed E-state index contributed by atoms with van der Waals surface area (Å²) in [6.45, 7) is 4.95. The summed E-state index contributed by atoms with van der Waals surface area (Å²) in [6.07, 6.45) is 1.63. The van der Waals surface area contributed by atoms with Gasteiger partial charge < -0.3 is 24.4 Å². The monoisotopic (exact) mass is 436 g/mol. The number of carbonyl (C=O) groups is 2. The van der Waals surface area contributed by atoms with E-state index in [0.717, 1.165) is 4.90 Å². The lowest BCUT2D eigenvalue weighted by molar-refractivity contribution is -0.857. The zero-order valence-electron chi connectivity index (χ0n) is 18.6. The molecule has 2 aromatic carbocycles. The fourth-order valence-corrected chi connectivity index (χ4v) is 3.59. The van der Waals surface area contributed by atoms with Gasteiger partial charge in [-0.15, -0.1) is 0 Å². The van der Waals surface area contributed by atoms with Gasteiger partial charge in [-0.05, 0) is 35.4 Å². The van der Waals surface area contributed by atoms with E-state index < -0.39 is 23.5 Å². The van der Waals surface area contributed by atoms with Crippen LogP contribution in [0.2, 0.25) is 0 Å². The molecule has 0 bridgehead atoms. The van der Waals surface area contributed by atoms with Gasteiger partial charge in [0.1, 0.15) is 18.1 Å². The molecule has 1 saturated heterocycles. The van der Waals surface area contributed by atoms with Crippen LogP contribution in [0.15, 0.2) is 66.8 Å². The van der Waals surface area contributed by atoms with Crippen LogP contribution in [0.4, 0.5) is 0 Å². The number of likely N-dealkylation sites (N-methyl/N-ethyl adjacent to an activating group) is 1. The lowest BCUT2D eigenvalue weighted by Crippen LogP contribution is -3.06. The molecule has 0 aliphatic carbocycles. The average molecular weight is 437 g/mol. The fourth-order valence-electron chi connectivity index (χ4n) is 3.59. The molecule has 7 nitrogen and oxygen atoms in total. The summed E-state index contributed by atoms with van der Waals surface area (Å²) in [5.74, 6) is -0.628. The number of hydrogen-bond acceptors (Lipinski definition) is 5. The zero-order chi connectivity index (χ0) is 23.3. The maximum absolute atomic E-state index is 13.4. The van der Waals surface area contributed by atoms with Crippen LogP contribution in [0.25, 0.3) is 5.76 Å². The van der Waals surface area contributed by atoms with Crippen molar-refractivity contribution in [2.75, 3.05) is 40.9 Å². The first kappa shape index (κ1) is 23.1. The molecule has 1 unspecified atom stereocenters. The first-order chi connectivity index (χ1) is 15.4. The Hall–Kier alpha value is -3.58. The van der Waals surface area contributed by atoms with Crippen LogP contribution < -0.4 is 19.5 Å². The summed E-state index contributed by atoms with van der Waals surface area (Å²) in [5.41, 5.74) is 0.979. The minimum Gasteiger partial charge on any atom is -0.872 e. The number of nitrogens with zero attached hydrogens (tertiary/aromatic N) is 1. The Morgan fingerprint density at radius 1 is 1.09 bits per heavy atom. The van der Waals surface area contributed by atoms with Crippen molar-refractivity contribution in [1.82, 2.24) is 4.90 Å². The summed E-state index contributed by atoms with van der Waals surface area (Å²) >= 11 is 0. The standard InChI is InChI=1S/C25H28N2O5/c1-5-16-32-20-12-8-18(9-13-20)23(28)21-22(17-6-10-19(31-4)11-7-17)27(15-14-26(2)3)25(30)24(21)29/h5-13,22,28H,1,14-16H2,2-4H3/b23-21+. The number of rotatable bonds is 9. The van der Waals surface area contributed by atoms with Crippen LogP contribution in [0.3, 0.4) is 0 Å². The SMILES string of the molecule is C=CCOc1ccc(/C([O-])=C2\C(=O)C(=O)N(CC[NH+](C)C)C2c2ccc(OC)cc2)cc1. The molecule has 7 heteroatoms. The highest BCUT2D eigenvalue weighted by Gasteiger charge is 2.44. The molecule has 1 N–H and O–H groups in total. The number of benzene rings is 2. The molecule has 2 aromatic rings. The molecule has 3 rings (SSSR count). The van der Waals surface area contributed by atoms with Gasteiger partial charge in [0.25, 0.3) is 5.91 Å². The van der Waals surface area contributed by atoms with Crippen molar-refractivity contribution in [2.24, 2.45) is 0 Å². The molecule has 0 spiro atoms. The van der Waals surface area contributed by atoms with Crippen LogP contribution in [0.5, 0.6) is 11.5 Å². The molecule has 32 heavy (non-hydrogen) atoms. The number of amides is 1. The Labute approximate surface area is 188 Å². The van der Waals surface area contributed by atoms with E-state index in [1.165, 1.54) is 4.90 Å². The number of likely N-dealkylation sites (tertiary alicyclic amines) is 1. The van der Waals surface area contributed by atoms with Crippen molar-refractivity contribution < 1.29 is 29.1 Å². The van der Waals surface area contributed by atoms with Crippen LogP contribution in [0, 0.1) is 0 Å². The van der Waals surface area contributed by atoms with Crippen molar-refractivity contribution in [2.45, 2.75) is 6.04 Å². The highest BCUT2D eigenvalue weighted by atomic mass is 16.5. The molecule has 1 amide bonds. The maximum Gasteiger partial charge on any atom is 0.295 e. The highest BCUT2D eigenvalue weighted by molar-refractivity contribution is 6.46. The molecule has 0 radical (unpaired) electrons. The third-order valence-electron chi connectivity index (χ3n) is 5.30. The lowest BCUT2D eigenvalue weighted by atomic mass is 9.95. The first-order valence-corrected chi connectivity index (χ1v) is 10.4. The van der Waals surface area contributed by atoms with Crippen molar-refractivity contribution >= 4 is 17.4 Å². The summed E-state index contributed by atoms with van der Waals surface area (Å²) < 4.78 is 10.7. The molecule has 1 aliphatic rings. The number of carbonyl (C=O) groups excluding carboxylic acids is 2. The Balaban J connectivity index is 2.05. The zero-order valence-corrected chi connectivity index (χ0v) is 18.6. The lowest BCUT2D eigenvalue weighted by Gasteiger charge is -2.27. The molecule has 1 aliphatic heterocycles. The third-order valence-corrected chi connectivity index (χ3v) is 5.30. The van der Waals surface area contributed by atoms with Gasteiger partial charge in [-0.2, -0.15) is 0 Å². The number of quaternary nitrogens is 1. The second-order valence-electron chi connectivity index (χ2n) is 7.83. The highest BCUT2D eigenvalue weighted by Crippen LogP contribution is 2.39. The van der Waals surface area contributed by atoms with Gasteiger partial charge in [-0.1, -0.05) is 42.7 Å². The van der Waals surface area contributed by atoms with Gasteiger partial charge >= 0.3 is 0 Å². The second kappa shape index (κ2) is 10.2. The molecule has 1 atom stereocenters. The van der Waals surface area contributed by atoms with Gasteiger partial charge in [-0.3, -0.25) is 9.59 Å². The summed E-state index contributed by atoms with van der Waals surface area (Å²) in [7, 11) is 5.50. The van der Waals surface area contributed by atoms with Crippen LogP contribution in [-0.2, 0) is 9.59 Å². The molecule has 168 valence electrons. The number of ketones is 1.